The van der Waals surface area contributed by atoms with Gasteiger partial charge in [-0.3, -0.25) is 14.4 Å². The van der Waals surface area contributed by atoms with Gasteiger partial charge in [-0.1, -0.05) is 53.6 Å². The number of ether oxygens (including phenoxy) is 5. The molecule has 2 amide bonds. The largest absolute Gasteiger partial charge is 0.491 e. The van der Waals surface area contributed by atoms with E-state index in [0.717, 1.165) is 33.3 Å². The molecule has 3 aromatic carbocycles. The topological polar surface area (TPSA) is 215 Å². The highest BCUT2D eigenvalue weighted by atomic mass is 16.6. The number of aromatic nitrogens is 1. The van der Waals surface area contributed by atoms with Crippen molar-refractivity contribution in [3.63, 3.8) is 0 Å². The minimum absolute atomic E-state index is 0.219. The maximum absolute atomic E-state index is 12.8. The molecule has 16 nitrogen and oxygen atoms in total. The molecule has 0 bridgehead atoms. The van der Waals surface area contributed by atoms with Crippen LogP contribution in [0.15, 0.2) is 84.1 Å². The first-order chi connectivity index (χ1) is 27.8. The average molecular weight is 786 g/mol. The molecular weight excluding hydrogens is 734 g/mol. The zero-order valence-electron chi connectivity index (χ0n) is 32.2. The molecule has 1 aromatic heterocycles. The molecule has 304 valence electrons. The molecule has 0 saturated heterocycles. The van der Waals surface area contributed by atoms with Gasteiger partial charge in [0.05, 0.1) is 71.9 Å². The molecule has 0 spiro atoms. The summed E-state index contributed by atoms with van der Waals surface area (Å²) in [6.45, 7) is 6.16. The van der Waals surface area contributed by atoms with E-state index in [2.05, 4.69) is 31.0 Å². The fraction of sp³-hybridized carbons (Fsp3) is 0.415. The predicted octanol–water partition coefficient (Wildman–Crippen LogP) is 5.61. The Kier molecular flexibility index (Phi) is 19.6. The third-order valence-corrected chi connectivity index (χ3v) is 8.43. The average Bonchev–Trinajstić information content (AvgIpc) is 3.21. The molecule has 4 N–H and O–H groups in total. The predicted molar refractivity (Wildman–Crippen MR) is 215 cm³/mol. The number of hydrogen-bond donors (Lipinski definition) is 4. The number of pyridine rings is 1. The summed E-state index contributed by atoms with van der Waals surface area (Å²) in [5.41, 5.74) is 11.7. The fourth-order valence-corrected chi connectivity index (χ4v) is 5.67. The lowest BCUT2D eigenvalue weighted by molar-refractivity contribution is -0.138. The van der Waals surface area contributed by atoms with Crippen LogP contribution in [0.3, 0.4) is 0 Å². The molecule has 16 heteroatoms. The third-order valence-electron chi connectivity index (χ3n) is 8.43. The van der Waals surface area contributed by atoms with E-state index in [9.17, 15) is 19.5 Å². The lowest BCUT2D eigenvalue weighted by Gasteiger charge is -2.19. The van der Waals surface area contributed by atoms with E-state index in [1.807, 2.05) is 67.6 Å². The van der Waals surface area contributed by atoms with Gasteiger partial charge in [-0.05, 0) is 76.2 Å². The second-order valence-electron chi connectivity index (χ2n) is 12.8. The van der Waals surface area contributed by atoms with Crippen molar-refractivity contribution in [3.05, 3.63) is 101 Å². The van der Waals surface area contributed by atoms with Crippen molar-refractivity contribution in [2.75, 3.05) is 84.4 Å². The van der Waals surface area contributed by atoms with Crippen molar-refractivity contribution in [1.82, 2.24) is 15.6 Å². The van der Waals surface area contributed by atoms with Crippen LogP contribution in [0.25, 0.3) is 32.3 Å². The van der Waals surface area contributed by atoms with E-state index in [1.165, 1.54) is 0 Å². The van der Waals surface area contributed by atoms with Gasteiger partial charge in [0.15, 0.2) is 0 Å². The molecule has 4 rings (SSSR count). The summed E-state index contributed by atoms with van der Waals surface area (Å²) in [5.74, 6) is -0.430. The standard InChI is InChI=1S/C41H51N7O9/c1-30-12-14-44-38(25-30)43-13-4-7-39(49)45-29-40(50)47-37(28-41(51)52)32-10-8-31(9-11-32)36-27-34(26-33-5-2-3-6-35(33)36)57-24-23-56-22-21-55-20-19-54-18-17-53-16-15-46-48-42/h2-3,5-6,8-12,14,25-27,37H,4,7,13,15-24,28-29H2,1H3,(H,43,44)(H,45,49)(H,47,50)(H,51,52). The van der Waals surface area contributed by atoms with Crippen LogP contribution in [0.2, 0.25) is 0 Å². The Hall–Kier alpha value is -5.77. The molecule has 0 aliphatic heterocycles. The van der Waals surface area contributed by atoms with Crippen LogP contribution < -0.4 is 20.7 Å². The highest BCUT2D eigenvalue weighted by molar-refractivity contribution is 5.98. The third kappa shape index (κ3) is 16.9. The van der Waals surface area contributed by atoms with Crippen molar-refractivity contribution in [1.29, 1.82) is 0 Å². The summed E-state index contributed by atoms with van der Waals surface area (Å²) < 4.78 is 27.9. The molecule has 1 atom stereocenters. The molecule has 0 aliphatic rings. The second-order valence-corrected chi connectivity index (χ2v) is 12.8. The first-order valence-electron chi connectivity index (χ1n) is 18.8. The number of carbonyl (C=O) groups excluding carboxylic acids is 2. The molecule has 4 aromatic rings. The summed E-state index contributed by atoms with van der Waals surface area (Å²) in [6.07, 6.45) is 2.15. The maximum Gasteiger partial charge on any atom is 0.305 e. The SMILES string of the molecule is Cc1ccnc(NCCCC(=O)NCC(=O)NC(CC(=O)O)c2ccc(-c3cc(OCCOCCOCCOCCOCCN=[N+]=[N-])cc4ccccc34)cc2)c1. The van der Waals surface area contributed by atoms with Crippen LogP contribution in [-0.2, 0) is 33.3 Å². The fourth-order valence-electron chi connectivity index (χ4n) is 5.67. The Balaban J connectivity index is 1.21. The summed E-state index contributed by atoms with van der Waals surface area (Å²) in [5, 5.41) is 23.5. The molecule has 0 fully saturated rings. The van der Waals surface area contributed by atoms with E-state index in [4.69, 9.17) is 29.2 Å². The van der Waals surface area contributed by atoms with E-state index in [0.29, 0.717) is 90.3 Å². The van der Waals surface area contributed by atoms with Crippen LogP contribution in [0.5, 0.6) is 5.75 Å². The number of carboxylic acid groups (broad SMARTS) is 1. The lowest BCUT2D eigenvalue weighted by atomic mass is 9.95. The second kappa shape index (κ2) is 25.4. The highest BCUT2D eigenvalue weighted by Crippen LogP contribution is 2.34. The maximum atomic E-state index is 12.8. The number of fused-ring (bicyclic) bond motifs is 1. The van der Waals surface area contributed by atoms with Crippen molar-refractivity contribution in [3.8, 4) is 16.9 Å². The Morgan fingerprint density at radius 1 is 0.842 bits per heavy atom. The number of hydrogen-bond acceptors (Lipinski definition) is 11. The van der Waals surface area contributed by atoms with Gasteiger partial charge in [-0.25, -0.2) is 4.98 Å². The summed E-state index contributed by atoms with van der Waals surface area (Å²) in [4.78, 5) is 43.8. The van der Waals surface area contributed by atoms with E-state index in [1.54, 1.807) is 18.3 Å². The van der Waals surface area contributed by atoms with Gasteiger partial charge < -0.3 is 44.7 Å². The smallest absolute Gasteiger partial charge is 0.305 e. The number of carboxylic acids is 1. The summed E-state index contributed by atoms with van der Waals surface area (Å²) in [6, 6.07) is 22.3. The molecule has 0 radical (unpaired) electrons. The van der Waals surface area contributed by atoms with Crippen molar-refractivity contribution < 1.29 is 43.2 Å². The number of carbonyl (C=O) groups is 3. The summed E-state index contributed by atoms with van der Waals surface area (Å²) in [7, 11) is 0. The number of amides is 2. The Bertz CT molecular complexity index is 1910. The zero-order chi connectivity index (χ0) is 40.5. The molecule has 1 unspecified atom stereocenters. The minimum atomic E-state index is -1.07. The van der Waals surface area contributed by atoms with Gasteiger partial charge in [0.1, 0.15) is 18.2 Å². The normalized spacial score (nSPS) is 11.4. The monoisotopic (exact) mass is 785 g/mol. The van der Waals surface area contributed by atoms with Crippen molar-refractivity contribution >= 4 is 34.4 Å². The van der Waals surface area contributed by atoms with Crippen LogP contribution in [0.4, 0.5) is 5.82 Å². The van der Waals surface area contributed by atoms with Gasteiger partial charge in [0.25, 0.3) is 0 Å². The summed E-state index contributed by atoms with van der Waals surface area (Å²) >= 11 is 0. The number of anilines is 1. The number of rotatable bonds is 28. The Labute approximate surface area is 331 Å². The van der Waals surface area contributed by atoms with Gasteiger partial charge >= 0.3 is 5.97 Å². The minimum Gasteiger partial charge on any atom is -0.491 e. The lowest BCUT2D eigenvalue weighted by Crippen LogP contribution is -2.39. The van der Waals surface area contributed by atoms with Gasteiger partial charge in [0.2, 0.25) is 11.8 Å². The number of nitrogens with one attached hydrogen (secondary N) is 3. The number of aryl methyl sites for hydroxylation is 1. The quantitative estimate of drug-likeness (QED) is 0.0240. The Morgan fingerprint density at radius 2 is 1.53 bits per heavy atom. The number of aliphatic carboxylic acids is 1. The molecular formula is C41H51N7O9. The molecule has 1 heterocycles. The van der Waals surface area contributed by atoms with Crippen molar-refractivity contribution in [2.24, 2.45) is 5.11 Å². The van der Waals surface area contributed by atoms with Crippen molar-refractivity contribution in [2.45, 2.75) is 32.2 Å². The molecule has 0 saturated carbocycles. The number of benzene rings is 3. The first kappa shape index (κ1) is 44.0. The first-order valence-corrected chi connectivity index (χ1v) is 18.8. The zero-order valence-corrected chi connectivity index (χ0v) is 32.2. The number of nitrogens with zero attached hydrogens (tertiary/aromatic N) is 4. The van der Waals surface area contributed by atoms with E-state index >= 15 is 0 Å². The van der Waals surface area contributed by atoms with Gasteiger partial charge in [0, 0.05) is 30.6 Å². The van der Waals surface area contributed by atoms with E-state index < -0.39 is 17.9 Å². The van der Waals surface area contributed by atoms with Crippen LogP contribution >= 0.6 is 0 Å². The Morgan fingerprint density at radius 3 is 2.21 bits per heavy atom. The highest BCUT2D eigenvalue weighted by Gasteiger charge is 2.19. The van der Waals surface area contributed by atoms with Crippen LogP contribution in [0, 0.1) is 6.92 Å². The van der Waals surface area contributed by atoms with Crippen LogP contribution in [-0.4, -0.2) is 107 Å². The molecule has 0 aliphatic carbocycles. The van der Waals surface area contributed by atoms with Gasteiger partial charge in [-0.2, -0.15) is 0 Å². The molecule has 57 heavy (non-hydrogen) atoms. The van der Waals surface area contributed by atoms with E-state index in [-0.39, 0.29) is 25.3 Å². The number of azide groups is 1. The van der Waals surface area contributed by atoms with Gasteiger partial charge in [-0.15, -0.1) is 0 Å². The van der Waals surface area contributed by atoms with Crippen LogP contribution in [0.1, 0.15) is 36.4 Å².